The van der Waals surface area contributed by atoms with Crippen LogP contribution in [0.1, 0.15) is 22.8 Å². The highest BCUT2D eigenvalue weighted by molar-refractivity contribution is 5.94. The molecule has 0 radical (unpaired) electrons. The van der Waals surface area contributed by atoms with E-state index in [1.807, 2.05) is 6.92 Å². The lowest BCUT2D eigenvalue weighted by Crippen LogP contribution is -2.29. The van der Waals surface area contributed by atoms with Crippen LogP contribution in [-0.4, -0.2) is 24.9 Å². The first-order valence-corrected chi connectivity index (χ1v) is 5.51. The van der Waals surface area contributed by atoms with Crippen LogP contribution in [0.25, 0.3) is 0 Å². The second-order valence-electron chi connectivity index (χ2n) is 3.54. The van der Waals surface area contributed by atoms with Gasteiger partial charge in [0.05, 0.1) is 6.54 Å². The molecule has 0 atom stereocenters. The molecule has 0 unspecified atom stereocenters. The van der Waals surface area contributed by atoms with Crippen molar-refractivity contribution in [2.75, 3.05) is 13.1 Å². The quantitative estimate of drug-likeness (QED) is 0.672. The van der Waals surface area contributed by atoms with Crippen LogP contribution < -0.4 is 16.4 Å². The van der Waals surface area contributed by atoms with E-state index in [1.165, 1.54) is 0 Å². The molecule has 2 amide bonds. The zero-order chi connectivity index (χ0) is 12.7. The Balaban J connectivity index is 2.56. The highest BCUT2D eigenvalue weighted by Gasteiger charge is 2.03. The zero-order valence-electron chi connectivity index (χ0n) is 9.82. The van der Waals surface area contributed by atoms with E-state index in [0.717, 1.165) is 5.56 Å². The van der Waals surface area contributed by atoms with Gasteiger partial charge in [0.15, 0.2) is 0 Å². The van der Waals surface area contributed by atoms with E-state index in [0.29, 0.717) is 18.7 Å². The maximum Gasteiger partial charge on any atom is 0.251 e. The average molecular weight is 235 g/mol. The van der Waals surface area contributed by atoms with Gasteiger partial charge in [-0.15, -0.1) is 0 Å². The first kappa shape index (κ1) is 13.2. The Bertz CT molecular complexity index is 387. The monoisotopic (exact) mass is 235 g/mol. The fraction of sp³-hybridized carbons (Fsp3) is 0.333. The van der Waals surface area contributed by atoms with E-state index in [1.54, 1.807) is 24.3 Å². The number of carbonyl (C=O) groups excluding carboxylic acids is 2. The van der Waals surface area contributed by atoms with Crippen molar-refractivity contribution in [1.82, 2.24) is 10.6 Å². The first-order chi connectivity index (χ1) is 8.17. The molecular formula is C12H17N3O2. The van der Waals surface area contributed by atoms with Crippen molar-refractivity contribution in [3.63, 3.8) is 0 Å². The fourth-order valence-electron chi connectivity index (χ4n) is 1.31. The summed E-state index contributed by atoms with van der Waals surface area (Å²) in [7, 11) is 0. The Hall–Kier alpha value is -1.88. The van der Waals surface area contributed by atoms with Crippen molar-refractivity contribution in [2.45, 2.75) is 13.5 Å². The summed E-state index contributed by atoms with van der Waals surface area (Å²) in [6, 6.07) is 7.08. The predicted octanol–water partition coefficient (Wildman–Crippen LogP) is 0.0112. The number of rotatable bonds is 5. The normalized spacial score (nSPS) is 9.76. The van der Waals surface area contributed by atoms with Crippen molar-refractivity contribution in [2.24, 2.45) is 5.73 Å². The molecule has 0 bridgehead atoms. The smallest absolute Gasteiger partial charge is 0.251 e. The van der Waals surface area contributed by atoms with Crippen molar-refractivity contribution in [1.29, 1.82) is 0 Å². The number of benzene rings is 1. The van der Waals surface area contributed by atoms with Crippen LogP contribution >= 0.6 is 0 Å². The minimum Gasteiger partial charge on any atom is -0.352 e. The number of carbonyl (C=O) groups is 2. The van der Waals surface area contributed by atoms with Gasteiger partial charge in [0.2, 0.25) is 5.91 Å². The van der Waals surface area contributed by atoms with E-state index in [2.05, 4.69) is 10.6 Å². The Morgan fingerprint density at radius 2 is 1.82 bits per heavy atom. The first-order valence-electron chi connectivity index (χ1n) is 5.51. The van der Waals surface area contributed by atoms with Gasteiger partial charge in [-0.3, -0.25) is 9.59 Å². The maximum absolute atomic E-state index is 11.5. The lowest BCUT2D eigenvalue weighted by atomic mass is 10.1. The Kier molecular flexibility index (Phi) is 5.16. The zero-order valence-corrected chi connectivity index (χ0v) is 9.82. The second kappa shape index (κ2) is 6.65. The molecule has 0 heterocycles. The highest BCUT2D eigenvalue weighted by Crippen LogP contribution is 2.04. The summed E-state index contributed by atoms with van der Waals surface area (Å²) in [5, 5.41) is 5.37. The van der Waals surface area contributed by atoms with Gasteiger partial charge >= 0.3 is 0 Å². The summed E-state index contributed by atoms with van der Waals surface area (Å²) in [6.07, 6.45) is 0. The summed E-state index contributed by atoms with van der Waals surface area (Å²) in [5.41, 5.74) is 6.71. The van der Waals surface area contributed by atoms with Gasteiger partial charge < -0.3 is 16.4 Å². The molecule has 92 valence electrons. The molecule has 1 aromatic carbocycles. The molecule has 0 aromatic heterocycles. The molecule has 4 N–H and O–H groups in total. The molecule has 5 heteroatoms. The Labute approximate surface area is 100 Å². The van der Waals surface area contributed by atoms with Crippen LogP contribution in [0, 0.1) is 0 Å². The molecule has 0 aliphatic rings. The van der Waals surface area contributed by atoms with Crippen LogP contribution in [0.15, 0.2) is 24.3 Å². The Morgan fingerprint density at radius 3 is 2.35 bits per heavy atom. The standard InChI is InChI=1S/C12H17N3O2/c1-2-14-12(17)10-5-3-9(4-6-10)8-15-11(16)7-13/h3-6H,2,7-8,13H2,1H3,(H,14,17)(H,15,16). The maximum atomic E-state index is 11.5. The van der Waals surface area contributed by atoms with Gasteiger partial charge in [-0.2, -0.15) is 0 Å². The molecule has 1 rings (SSSR count). The minimum atomic E-state index is -0.196. The van der Waals surface area contributed by atoms with Crippen molar-refractivity contribution < 1.29 is 9.59 Å². The molecule has 0 saturated carbocycles. The van der Waals surface area contributed by atoms with Gasteiger partial charge in [-0.1, -0.05) is 12.1 Å². The third kappa shape index (κ3) is 4.24. The van der Waals surface area contributed by atoms with E-state index in [4.69, 9.17) is 5.73 Å². The predicted molar refractivity (Wildman–Crippen MR) is 65.4 cm³/mol. The van der Waals surface area contributed by atoms with E-state index < -0.39 is 0 Å². The number of nitrogens with two attached hydrogens (primary N) is 1. The summed E-state index contributed by atoms with van der Waals surface area (Å²) in [6.45, 7) is 2.88. The lowest BCUT2D eigenvalue weighted by Gasteiger charge is -2.05. The van der Waals surface area contributed by atoms with E-state index >= 15 is 0 Å². The van der Waals surface area contributed by atoms with Crippen LogP contribution in [0.5, 0.6) is 0 Å². The largest absolute Gasteiger partial charge is 0.352 e. The molecular weight excluding hydrogens is 218 g/mol. The van der Waals surface area contributed by atoms with Crippen LogP contribution in [-0.2, 0) is 11.3 Å². The number of hydrogen-bond donors (Lipinski definition) is 3. The molecule has 0 aliphatic heterocycles. The SMILES string of the molecule is CCNC(=O)c1ccc(CNC(=O)CN)cc1. The highest BCUT2D eigenvalue weighted by atomic mass is 16.2. The number of hydrogen-bond acceptors (Lipinski definition) is 3. The molecule has 0 spiro atoms. The summed E-state index contributed by atoms with van der Waals surface area (Å²) in [5.74, 6) is -0.289. The fourth-order valence-corrected chi connectivity index (χ4v) is 1.31. The topological polar surface area (TPSA) is 84.2 Å². The van der Waals surface area contributed by atoms with Crippen molar-refractivity contribution in [3.8, 4) is 0 Å². The van der Waals surface area contributed by atoms with Gasteiger partial charge in [-0.25, -0.2) is 0 Å². The molecule has 5 nitrogen and oxygen atoms in total. The molecule has 1 aromatic rings. The van der Waals surface area contributed by atoms with Crippen LogP contribution in [0.3, 0.4) is 0 Å². The van der Waals surface area contributed by atoms with Gasteiger partial charge in [0.1, 0.15) is 0 Å². The van der Waals surface area contributed by atoms with Gasteiger partial charge in [0, 0.05) is 18.7 Å². The summed E-state index contributed by atoms with van der Waals surface area (Å²) in [4.78, 5) is 22.4. The average Bonchev–Trinajstić information content (AvgIpc) is 2.36. The third-order valence-electron chi connectivity index (χ3n) is 2.23. The molecule has 17 heavy (non-hydrogen) atoms. The van der Waals surface area contributed by atoms with E-state index in [-0.39, 0.29) is 18.4 Å². The summed E-state index contributed by atoms with van der Waals surface area (Å²) >= 11 is 0. The number of amides is 2. The molecule has 0 aliphatic carbocycles. The van der Waals surface area contributed by atoms with Crippen molar-refractivity contribution >= 4 is 11.8 Å². The van der Waals surface area contributed by atoms with Crippen molar-refractivity contribution in [3.05, 3.63) is 35.4 Å². The lowest BCUT2D eigenvalue weighted by molar-refractivity contribution is -0.119. The van der Waals surface area contributed by atoms with Crippen LogP contribution in [0.4, 0.5) is 0 Å². The van der Waals surface area contributed by atoms with Crippen LogP contribution in [0.2, 0.25) is 0 Å². The second-order valence-corrected chi connectivity index (χ2v) is 3.54. The minimum absolute atomic E-state index is 0.0169. The Morgan fingerprint density at radius 1 is 1.18 bits per heavy atom. The van der Waals surface area contributed by atoms with Gasteiger partial charge in [-0.05, 0) is 24.6 Å². The third-order valence-corrected chi connectivity index (χ3v) is 2.23. The molecule has 0 fully saturated rings. The molecule has 0 saturated heterocycles. The summed E-state index contributed by atoms with van der Waals surface area (Å²) < 4.78 is 0. The van der Waals surface area contributed by atoms with Gasteiger partial charge in [0.25, 0.3) is 5.91 Å². The number of nitrogens with one attached hydrogen (secondary N) is 2. The van der Waals surface area contributed by atoms with E-state index in [9.17, 15) is 9.59 Å².